The largest absolute Gasteiger partial charge is 0.356 e. The van der Waals surface area contributed by atoms with Crippen molar-refractivity contribution in [2.45, 2.75) is 24.1 Å². The number of hydrogen-bond donors (Lipinski definition) is 1. The van der Waals surface area contributed by atoms with Crippen LogP contribution in [0.15, 0.2) is 34.0 Å². The van der Waals surface area contributed by atoms with Gasteiger partial charge in [0, 0.05) is 17.5 Å². The van der Waals surface area contributed by atoms with E-state index in [1.165, 1.54) is 47.4 Å². The minimum absolute atomic E-state index is 0.0453. The number of amides is 1. The van der Waals surface area contributed by atoms with Gasteiger partial charge in [0.2, 0.25) is 5.91 Å². The summed E-state index contributed by atoms with van der Waals surface area (Å²) in [6.45, 7) is 2.66. The number of halogens is 1. The Labute approximate surface area is 142 Å². The van der Waals surface area contributed by atoms with Crippen LogP contribution in [0.25, 0.3) is 0 Å². The van der Waals surface area contributed by atoms with Crippen molar-refractivity contribution >= 4 is 34.8 Å². The molecule has 0 atom stereocenters. The number of Topliss-reactive ketones (excluding diaryl/α,β-unsaturated/α-hetero) is 1. The fraction of sp³-hybridized carbons (Fsp3) is 0.312. The Balaban J connectivity index is 1.83. The average Bonchev–Trinajstić information content (AvgIpc) is 2.98. The van der Waals surface area contributed by atoms with E-state index in [1.54, 1.807) is 0 Å². The Kier molecular flexibility index (Phi) is 6.73. The van der Waals surface area contributed by atoms with Gasteiger partial charge >= 0.3 is 0 Å². The molecule has 1 aromatic heterocycles. The molecule has 1 aromatic carbocycles. The number of nitrogens with one attached hydrogen (secondary N) is 1. The van der Waals surface area contributed by atoms with Gasteiger partial charge in [0.05, 0.1) is 17.9 Å². The zero-order valence-electron chi connectivity index (χ0n) is 12.7. The fourth-order valence-corrected chi connectivity index (χ4v) is 3.51. The van der Waals surface area contributed by atoms with E-state index in [-0.39, 0.29) is 29.7 Å². The van der Waals surface area contributed by atoms with Crippen LogP contribution < -0.4 is 5.32 Å². The van der Waals surface area contributed by atoms with Gasteiger partial charge in [0.15, 0.2) is 10.1 Å². The summed E-state index contributed by atoms with van der Waals surface area (Å²) in [5, 5.41) is 4.63. The van der Waals surface area contributed by atoms with Crippen LogP contribution in [0.1, 0.15) is 29.4 Å². The lowest BCUT2D eigenvalue weighted by Gasteiger charge is -2.01. The van der Waals surface area contributed by atoms with Crippen LogP contribution in [0, 0.1) is 5.82 Å². The number of rotatable bonds is 8. The van der Waals surface area contributed by atoms with Crippen molar-refractivity contribution in [2.75, 3.05) is 12.3 Å². The molecule has 0 aliphatic carbocycles. The van der Waals surface area contributed by atoms with Gasteiger partial charge < -0.3 is 5.32 Å². The number of thiazole rings is 1. The molecule has 0 aliphatic rings. The minimum Gasteiger partial charge on any atom is -0.356 e. The van der Waals surface area contributed by atoms with E-state index in [9.17, 15) is 14.0 Å². The number of nitrogens with zero attached hydrogens (tertiary/aromatic N) is 1. The molecule has 0 saturated carbocycles. The van der Waals surface area contributed by atoms with Crippen LogP contribution in [0.3, 0.4) is 0 Å². The molecule has 2 aromatic rings. The Bertz CT molecular complexity index is 671. The molecule has 0 radical (unpaired) electrons. The van der Waals surface area contributed by atoms with Gasteiger partial charge in [0.1, 0.15) is 5.82 Å². The molecule has 23 heavy (non-hydrogen) atoms. The molecule has 0 aliphatic heterocycles. The summed E-state index contributed by atoms with van der Waals surface area (Å²) in [7, 11) is 0. The van der Waals surface area contributed by atoms with Crippen LogP contribution in [-0.2, 0) is 11.2 Å². The van der Waals surface area contributed by atoms with Crippen molar-refractivity contribution < 1.29 is 14.0 Å². The monoisotopic (exact) mass is 352 g/mol. The molecule has 0 unspecified atom stereocenters. The molecule has 0 fully saturated rings. The van der Waals surface area contributed by atoms with E-state index in [4.69, 9.17) is 0 Å². The van der Waals surface area contributed by atoms with E-state index in [2.05, 4.69) is 10.3 Å². The third-order valence-electron chi connectivity index (χ3n) is 2.94. The van der Waals surface area contributed by atoms with Crippen molar-refractivity contribution in [3.63, 3.8) is 0 Å². The molecule has 1 amide bonds. The fourth-order valence-electron chi connectivity index (χ4n) is 1.77. The molecule has 2 rings (SSSR count). The van der Waals surface area contributed by atoms with Crippen LogP contribution in [0.2, 0.25) is 0 Å². The van der Waals surface area contributed by atoms with Crippen molar-refractivity contribution in [3.8, 4) is 0 Å². The summed E-state index contributed by atoms with van der Waals surface area (Å²) in [4.78, 5) is 28.0. The highest BCUT2D eigenvalue weighted by Gasteiger charge is 2.11. The van der Waals surface area contributed by atoms with Gasteiger partial charge in [-0.15, -0.1) is 11.3 Å². The lowest BCUT2D eigenvalue weighted by Crippen LogP contribution is -2.25. The topological polar surface area (TPSA) is 59.1 Å². The summed E-state index contributed by atoms with van der Waals surface area (Å²) in [5.74, 6) is -0.246. The maximum absolute atomic E-state index is 12.8. The predicted octanol–water partition coefficient (Wildman–Crippen LogP) is 3.33. The lowest BCUT2D eigenvalue weighted by atomic mass is 10.1. The van der Waals surface area contributed by atoms with Crippen LogP contribution in [0.4, 0.5) is 4.39 Å². The van der Waals surface area contributed by atoms with E-state index < -0.39 is 0 Å². The first-order valence-corrected chi connectivity index (χ1v) is 9.07. The van der Waals surface area contributed by atoms with Crippen molar-refractivity contribution in [2.24, 2.45) is 0 Å². The standard InChI is InChI=1S/C16H17FN2O2S2/c1-2-7-18-15(21)8-13-9-22-16(19-13)23-10-14(20)11-3-5-12(17)6-4-11/h3-6,9H,2,7-8,10H2,1H3,(H,18,21). The second-order valence-corrected chi connectivity index (χ2v) is 6.93. The first kappa shape index (κ1) is 17.6. The van der Waals surface area contributed by atoms with Gasteiger partial charge in [-0.05, 0) is 30.7 Å². The SMILES string of the molecule is CCCNC(=O)Cc1csc(SCC(=O)c2ccc(F)cc2)n1. The summed E-state index contributed by atoms with van der Waals surface area (Å²) in [5.41, 5.74) is 1.19. The van der Waals surface area contributed by atoms with Gasteiger partial charge in [-0.3, -0.25) is 9.59 Å². The molecule has 1 heterocycles. The second kappa shape index (κ2) is 8.79. The van der Waals surface area contributed by atoms with Crippen LogP contribution in [-0.4, -0.2) is 29.0 Å². The Morgan fingerprint density at radius 3 is 2.74 bits per heavy atom. The first-order chi connectivity index (χ1) is 11.1. The van der Waals surface area contributed by atoms with E-state index in [1.807, 2.05) is 12.3 Å². The number of hydrogen-bond acceptors (Lipinski definition) is 5. The third kappa shape index (κ3) is 5.76. The van der Waals surface area contributed by atoms with Crippen molar-refractivity contribution in [1.82, 2.24) is 10.3 Å². The summed E-state index contributed by atoms with van der Waals surface area (Å²) < 4.78 is 13.6. The average molecular weight is 352 g/mol. The molecule has 122 valence electrons. The van der Waals surface area contributed by atoms with E-state index in [0.29, 0.717) is 17.8 Å². The quantitative estimate of drug-likeness (QED) is 0.585. The maximum Gasteiger partial charge on any atom is 0.226 e. The van der Waals surface area contributed by atoms with E-state index >= 15 is 0 Å². The number of aromatic nitrogens is 1. The number of carbonyl (C=O) groups excluding carboxylic acids is 2. The summed E-state index contributed by atoms with van der Waals surface area (Å²) in [6, 6.07) is 5.50. The second-order valence-electron chi connectivity index (χ2n) is 4.85. The van der Waals surface area contributed by atoms with Crippen LogP contribution >= 0.6 is 23.1 Å². The summed E-state index contributed by atoms with van der Waals surface area (Å²) >= 11 is 2.74. The molecule has 1 N–H and O–H groups in total. The first-order valence-electron chi connectivity index (χ1n) is 7.21. The number of benzene rings is 1. The van der Waals surface area contributed by atoms with Crippen LogP contribution in [0.5, 0.6) is 0 Å². The van der Waals surface area contributed by atoms with Gasteiger partial charge in [-0.1, -0.05) is 18.7 Å². The van der Waals surface area contributed by atoms with Crippen molar-refractivity contribution in [1.29, 1.82) is 0 Å². The van der Waals surface area contributed by atoms with Crippen molar-refractivity contribution in [3.05, 3.63) is 46.7 Å². The lowest BCUT2D eigenvalue weighted by molar-refractivity contribution is -0.120. The Morgan fingerprint density at radius 2 is 2.04 bits per heavy atom. The predicted molar refractivity (Wildman–Crippen MR) is 90.6 cm³/mol. The number of carbonyl (C=O) groups is 2. The Hall–Kier alpha value is -1.73. The minimum atomic E-state index is -0.361. The van der Waals surface area contributed by atoms with Gasteiger partial charge in [0.25, 0.3) is 0 Å². The number of thioether (sulfide) groups is 1. The van der Waals surface area contributed by atoms with Gasteiger partial charge in [-0.2, -0.15) is 0 Å². The highest BCUT2D eigenvalue weighted by Crippen LogP contribution is 2.23. The maximum atomic E-state index is 12.8. The zero-order chi connectivity index (χ0) is 16.7. The van der Waals surface area contributed by atoms with E-state index in [0.717, 1.165) is 10.8 Å². The molecular formula is C16H17FN2O2S2. The zero-order valence-corrected chi connectivity index (χ0v) is 14.3. The van der Waals surface area contributed by atoms with Gasteiger partial charge in [-0.25, -0.2) is 9.37 Å². The molecule has 0 bridgehead atoms. The molecule has 0 spiro atoms. The smallest absolute Gasteiger partial charge is 0.226 e. The molecule has 7 heteroatoms. The highest BCUT2D eigenvalue weighted by atomic mass is 32.2. The highest BCUT2D eigenvalue weighted by molar-refractivity contribution is 8.01. The molecule has 0 saturated heterocycles. The molecular weight excluding hydrogens is 335 g/mol. The number of ketones is 1. The third-order valence-corrected chi connectivity index (χ3v) is 5.01. The summed E-state index contributed by atoms with van der Waals surface area (Å²) in [6.07, 6.45) is 1.15. The molecule has 4 nitrogen and oxygen atoms in total. The Morgan fingerprint density at radius 1 is 1.30 bits per heavy atom. The normalized spacial score (nSPS) is 10.5.